The van der Waals surface area contributed by atoms with E-state index in [1.54, 1.807) is 0 Å². The number of hydrogen-bond acceptors (Lipinski definition) is 1. The molecule has 0 aliphatic heterocycles. The van der Waals surface area contributed by atoms with Gasteiger partial charge in [0.25, 0.3) is 0 Å². The Hall–Kier alpha value is -1.11. The van der Waals surface area contributed by atoms with E-state index in [1.165, 1.54) is 60.2 Å². The molecule has 0 radical (unpaired) electrons. The number of rotatable bonds is 2. The van der Waals surface area contributed by atoms with Gasteiger partial charge in [-0.25, -0.2) is 0 Å². The Bertz CT molecular complexity index is 428. The van der Waals surface area contributed by atoms with Crippen molar-refractivity contribution < 1.29 is 0 Å². The molecule has 0 heterocycles. The van der Waals surface area contributed by atoms with Crippen LogP contribution in [0.3, 0.4) is 0 Å². The highest BCUT2D eigenvalue weighted by Gasteiger charge is 2.16. The smallest absolute Gasteiger partial charge is 0.0687 e. The average Bonchev–Trinajstić information content (AvgIpc) is 2.34. The van der Waals surface area contributed by atoms with E-state index in [-0.39, 0.29) is 0 Å². The molecule has 0 saturated heterocycles. The summed E-state index contributed by atoms with van der Waals surface area (Å²) in [5.41, 5.74) is 6.48. The van der Waals surface area contributed by atoms with Crippen LogP contribution in [0.5, 0.6) is 0 Å². The van der Waals surface area contributed by atoms with E-state index in [1.807, 2.05) is 0 Å². The summed E-state index contributed by atoms with van der Waals surface area (Å²) in [6.45, 7) is 8.72. The Labute approximate surface area is 111 Å². The Balaban J connectivity index is 2.26. The van der Waals surface area contributed by atoms with Crippen LogP contribution in [-0.4, -0.2) is 5.71 Å². The Morgan fingerprint density at radius 3 is 2.11 bits per heavy atom. The highest BCUT2D eigenvalue weighted by molar-refractivity contribution is 5.87. The fraction of sp³-hybridized carbons (Fsp3) is 0.588. The third-order valence-electron chi connectivity index (χ3n) is 4.12. The first kappa shape index (κ1) is 13.3. The van der Waals surface area contributed by atoms with E-state index in [0.717, 1.165) is 5.92 Å². The number of hydrogen-bond donors (Lipinski definition) is 0. The number of aryl methyl sites for hydroxylation is 3. The molecule has 0 spiro atoms. The molecule has 1 aromatic rings. The molecule has 1 saturated carbocycles. The molecule has 0 atom stereocenters. The SMILES string of the molecule is C/C(=N\c1c(C)cc(C)cc1C)C1CCCCC1. The largest absolute Gasteiger partial charge is 0.257 e. The second-order valence-electron chi connectivity index (χ2n) is 5.84. The van der Waals surface area contributed by atoms with Crippen LogP contribution in [0.15, 0.2) is 17.1 Å². The van der Waals surface area contributed by atoms with Gasteiger partial charge in [0.2, 0.25) is 0 Å². The van der Waals surface area contributed by atoms with Gasteiger partial charge in [-0.15, -0.1) is 0 Å². The fourth-order valence-corrected chi connectivity index (χ4v) is 3.14. The van der Waals surface area contributed by atoms with Gasteiger partial charge in [-0.05, 0) is 57.6 Å². The Kier molecular flexibility index (Phi) is 4.21. The van der Waals surface area contributed by atoms with Crippen LogP contribution < -0.4 is 0 Å². The van der Waals surface area contributed by atoms with Crippen molar-refractivity contribution in [1.29, 1.82) is 0 Å². The zero-order valence-corrected chi connectivity index (χ0v) is 12.2. The summed E-state index contributed by atoms with van der Waals surface area (Å²) >= 11 is 0. The lowest BCUT2D eigenvalue weighted by atomic mass is 9.86. The molecule has 0 unspecified atom stereocenters. The van der Waals surface area contributed by atoms with Gasteiger partial charge in [-0.1, -0.05) is 37.0 Å². The van der Waals surface area contributed by atoms with Gasteiger partial charge in [0.05, 0.1) is 5.69 Å². The van der Waals surface area contributed by atoms with E-state index in [2.05, 4.69) is 39.8 Å². The van der Waals surface area contributed by atoms with Crippen LogP contribution >= 0.6 is 0 Å². The zero-order valence-electron chi connectivity index (χ0n) is 12.2. The molecule has 0 amide bonds. The summed E-state index contributed by atoms with van der Waals surface area (Å²) in [6, 6.07) is 4.47. The summed E-state index contributed by atoms with van der Waals surface area (Å²) in [6.07, 6.45) is 6.83. The molecule has 18 heavy (non-hydrogen) atoms. The first-order chi connectivity index (χ1) is 8.58. The van der Waals surface area contributed by atoms with Crippen LogP contribution in [-0.2, 0) is 0 Å². The summed E-state index contributed by atoms with van der Waals surface area (Å²) in [5.74, 6) is 0.721. The maximum Gasteiger partial charge on any atom is 0.0687 e. The van der Waals surface area contributed by atoms with Crippen molar-refractivity contribution in [2.45, 2.75) is 59.8 Å². The molecule has 0 aromatic heterocycles. The Morgan fingerprint density at radius 2 is 1.56 bits per heavy atom. The third-order valence-corrected chi connectivity index (χ3v) is 4.12. The minimum Gasteiger partial charge on any atom is -0.257 e. The predicted molar refractivity (Wildman–Crippen MR) is 80.0 cm³/mol. The second kappa shape index (κ2) is 5.69. The Morgan fingerprint density at radius 1 is 1.00 bits per heavy atom. The zero-order chi connectivity index (χ0) is 13.1. The average molecular weight is 243 g/mol. The summed E-state index contributed by atoms with van der Waals surface area (Å²) in [4.78, 5) is 4.94. The van der Waals surface area contributed by atoms with Gasteiger partial charge in [-0.3, -0.25) is 4.99 Å². The van der Waals surface area contributed by atoms with Crippen LogP contribution in [0.2, 0.25) is 0 Å². The number of benzene rings is 1. The quantitative estimate of drug-likeness (QED) is 0.626. The predicted octanol–water partition coefficient (Wildman–Crippen LogP) is 5.28. The molecule has 1 aliphatic rings. The van der Waals surface area contributed by atoms with E-state index in [0.29, 0.717) is 0 Å². The monoisotopic (exact) mass is 243 g/mol. The minimum absolute atomic E-state index is 0.721. The van der Waals surface area contributed by atoms with Crippen LogP contribution in [0, 0.1) is 26.7 Å². The van der Waals surface area contributed by atoms with Crippen LogP contribution in [0.1, 0.15) is 55.7 Å². The van der Waals surface area contributed by atoms with Crippen molar-refractivity contribution in [2.75, 3.05) is 0 Å². The van der Waals surface area contributed by atoms with Gasteiger partial charge in [0.1, 0.15) is 0 Å². The van der Waals surface area contributed by atoms with E-state index < -0.39 is 0 Å². The topological polar surface area (TPSA) is 12.4 Å². The van der Waals surface area contributed by atoms with E-state index in [9.17, 15) is 0 Å². The minimum atomic E-state index is 0.721. The fourth-order valence-electron chi connectivity index (χ4n) is 3.14. The normalized spacial score (nSPS) is 18.1. The first-order valence-corrected chi connectivity index (χ1v) is 7.21. The number of aliphatic imine (C=N–C) groups is 1. The summed E-state index contributed by atoms with van der Waals surface area (Å²) in [5, 5.41) is 0. The van der Waals surface area contributed by atoms with E-state index >= 15 is 0 Å². The van der Waals surface area contributed by atoms with Gasteiger partial charge in [-0.2, -0.15) is 0 Å². The van der Waals surface area contributed by atoms with Crippen LogP contribution in [0.4, 0.5) is 5.69 Å². The molecule has 1 aliphatic carbocycles. The van der Waals surface area contributed by atoms with Gasteiger partial charge < -0.3 is 0 Å². The van der Waals surface area contributed by atoms with Crippen molar-refractivity contribution in [2.24, 2.45) is 10.9 Å². The molecule has 1 fully saturated rings. The van der Waals surface area contributed by atoms with Crippen molar-refractivity contribution in [3.05, 3.63) is 28.8 Å². The van der Waals surface area contributed by atoms with Gasteiger partial charge in [0, 0.05) is 5.71 Å². The molecule has 1 heteroatoms. The van der Waals surface area contributed by atoms with Crippen molar-refractivity contribution in [3.63, 3.8) is 0 Å². The lowest BCUT2D eigenvalue weighted by Gasteiger charge is -2.21. The van der Waals surface area contributed by atoms with E-state index in [4.69, 9.17) is 4.99 Å². The van der Waals surface area contributed by atoms with Crippen molar-refractivity contribution >= 4 is 11.4 Å². The van der Waals surface area contributed by atoms with Crippen molar-refractivity contribution in [3.8, 4) is 0 Å². The number of nitrogens with zero attached hydrogens (tertiary/aromatic N) is 1. The molecular formula is C17H25N. The third kappa shape index (κ3) is 3.01. The second-order valence-corrected chi connectivity index (χ2v) is 5.84. The molecule has 0 bridgehead atoms. The molecule has 1 aromatic carbocycles. The standard InChI is InChI=1S/C17H25N/c1-12-10-13(2)17(14(3)11-12)18-15(4)16-8-6-5-7-9-16/h10-11,16H,5-9H2,1-4H3/b18-15+. The lowest BCUT2D eigenvalue weighted by Crippen LogP contribution is -2.14. The molecule has 0 N–H and O–H groups in total. The summed E-state index contributed by atoms with van der Waals surface area (Å²) in [7, 11) is 0. The molecular weight excluding hydrogens is 218 g/mol. The maximum atomic E-state index is 4.94. The summed E-state index contributed by atoms with van der Waals surface area (Å²) < 4.78 is 0. The highest BCUT2D eigenvalue weighted by Crippen LogP contribution is 2.29. The van der Waals surface area contributed by atoms with Gasteiger partial charge in [0.15, 0.2) is 0 Å². The molecule has 2 rings (SSSR count). The highest BCUT2D eigenvalue weighted by atomic mass is 14.8. The van der Waals surface area contributed by atoms with Gasteiger partial charge >= 0.3 is 0 Å². The lowest BCUT2D eigenvalue weighted by molar-refractivity contribution is 0.438. The maximum absolute atomic E-state index is 4.94. The molecule has 1 nitrogen and oxygen atoms in total. The van der Waals surface area contributed by atoms with Crippen molar-refractivity contribution in [1.82, 2.24) is 0 Å². The molecule has 98 valence electrons. The first-order valence-electron chi connectivity index (χ1n) is 7.21. The van der Waals surface area contributed by atoms with Crippen LogP contribution in [0.25, 0.3) is 0 Å².